The number of benzene rings is 1. The molecule has 0 saturated heterocycles. The Balaban J connectivity index is 2.21. The minimum absolute atomic E-state index is 0.0216. The summed E-state index contributed by atoms with van der Waals surface area (Å²) in [7, 11) is 1.61. The minimum Gasteiger partial charge on any atom is -0.497 e. The molecule has 0 aliphatic rings. The van der Waals surface area contributed by atoms with E-state index in [1.807, 2.05) is 25.1 Å². The molecular weight excluding hydrogens is 314 g/mol. The van der Waals surface area contributed by atoms with Gasteiger partial charge in [-0.2, -0.15) is 0 Å². The van der Waals surface area contributed by atoms with Crippen LogP contribution in [0.2, 0.25) is 0 Å². The number of rotatable bonds is 4. The van der Waals surface area contributed by atoms with Crippen molar-refractivity contribution in [2.45, 2.75) is 13.3 Å². The molecule has 0 spiro atoms. The first kappa shape index (κ1) is 13.2. The quantitative estimate of drug-likeness (QED) is 0.805. The van der Waals surface area contributed by atoms with Gasteiger partial charge in [0, 0.05) is 16.3 Å². The van der Waals surface area contributed by atoms with E-state index in [1.54, 1.807) is 12.5 Å². The molecule has 94 valence electrons. The van der Waals surface area contributed by atoms with Gasteiger partial charge < -0.3 is 4.74 Å². The number of carbonyl (C=O) groups excluding carboxylic acids is 1. The molecule has 0 unspecified atom stereocenters. The molecular formula is C13H12BrNO2S. The maximum absolute atomic E-state index is 12.1. The number of methoxy groups -OCH3 is 1. The van der Waals surface area contributed by atoms with Gasteiger partial charge in [0.1, 0.15) is 11.4 Å². The van der Waals surface area contributed by atoms with Crippen LogP contribution in [0.15, 0.2) is 28.1 Å². The second-order valence-electron chi connectivity index (χ2n) is 3.81. The van der Waals surface area contributed by atoms with Crippen LogP contribution in [0.3, 0.4) is 0 Å². The number of Topliss-reactive ketones (excluding diaryl/α,β-unsaturated/α-hetero) is 1. The number of halogens is 1. The third kappa shape index (κ3) is 2.97. The van der Waals surface area contributed by atoms with Crippen LogP contribution in [0.5, 0.6) is 5.75 Å². The largest absolute Gasteiger partial charge is 0.497 e. The fourth-order valence-corrected chi connectivity index (χ4v) is 2.57. The van der Waals surface area contributed by atoms with Crippen molar-refractivity contribution in [3.8, 4) is 5.75 Å². The second-order valence-corrected chi connectivity index (χ2v) is 5.73. The molecule has 0 aliphatic heterocycles. The first-order chi connectivity index (χ1) is 8.60. The van der Waals surface area contributed by atoms with Crippen molar-refractivity contribution < 1.29 is 9.53 Å². The lowest BCUT2D eigenvalue weighted by molar-refractivity contribution is 0.0988. The molecule has 5 heteroatoms. The molecule has 0 aliphatic carbocycles. The molecule has 0 saturated carbocycles. The first-order valence-corrected chi connectivity index (χ1v) is 7.05. The van der Waals surface area contributed by atoms with Crippen LogP contribution in [-0.2, 0) is 6.42 Å². The Morgan fingerprint density at radius 1 is 1.50 bits per heavy atom. The van der Waals surface area contributed by atoms with Crippen LogP contribution in [-0.4, -0.2) is 17.9 Å². The number of aromatic nitrogens is 1. The molecule has 0 radical (unpaired) electrons. The van der Waals surface area contributed by atoms with Crippen LogP contribution >= 0.6 is 27.3 Å². The van der Waals surface area contributed by atoms with E-state index in [0.29, 0.717) is 12.1 Å². The van der Waals surface area contributed by atoms with E-state index in [1.165, 1.54) is 11.3 Å². The smallest absolute Gasteiger partial charge is 0.186 e. The molecule has 3 nitrogen and oxygen atoms in total. The number of hydrogen-bond donors (Lipinski definition) is 0. The molecule has 0 atom stereocenters. The van der Waals surface area contributed by atoms with Crippen molar-refractivity contribution in [2.24, 2.45) is 0 Å². The van der Waals surface area contributed by atoms with Crippen LogP contribution in [0, 0.1) is 6.92 Å². The molecule has 2 aromatic rings. The summed E-state index contributed by atoms with van der Waals surface area (Å²) < 4.78 is 6.06. The summed E-state index contributed by atoms with van der Waals surface area (Å²) in [6.45, 7) is 1.89. The third-order valence-electron chi connectivity index (χ3n) is 2.51. The molecule has 18 heavy (non-hydrogen) atoms. The van der Waals surface area contributed by atoms with Crippen LogP contribution in [0.1, 0.15) is 21.1 Å². The number of ketones is 1. The number of carbonyl (C=O) groups is 1. The Morgan fingerprint density at radius 2 is 2.28 bits per heavy atom. The minimum atomic E-state index is 0.0216. The monoisotopic (exact) mass is 325 g/mol. The van der Waals surface area contributed by atoms with E-state index in [-0.39, 0.29) is 5.78 Å². The van der Waals surface area contributed by atoms with E-state index in [2.05, 4.69) is 20.9 Å². The molecule has 0 fully saturated rings. The number of hydrogen-bond acceptors (Lipinski definition) is 4. The molecule has 0 N–H and O–H groups in total. The van der Waals surface area contributed by atoms with Gasteiger partial charge in [-0.05, 0) is 30.7 Å². The Bertz CT molecular complexity index is 580. The van der Waals surface area contributed by atoms with E-state index < -0.39 is 0 Å². The van der Waals surface area contributed by atoms with Crippen molar-refractivity contribution in [1.82, 2.24) is 4.98 Å². The summed E-state index contributed by atoms with van der Waals surface area (Å²) in [4.78, 5) is 16.3. The number of ether oxygens (including phenoxy) is 1. The van der Waals surface area contributed by atoms with Gasteiger partial charge in [-0.25, -0.2) is 4.98 Å². The summed E-state index contributed by atoms with van der Waals surface area (Å²) in [6, 6.07) is 5.60. The Labute approximate surface area is 118 Å². The highest BCUT2D eigenvalue weighted by Crippen LogP contribution is 2.24. The van der Waals surface area contributed by atoms with E-state index in [4.69, 9.17) is 4.74 Å². The first-order valence-electron chi connectivity index (χ1n) is 5.38. The van der Waals surface area contributed by atoms with E-state index in [0.717, 1.165) is 20.8 Å². The zero-order chi connectivity index (χ0) is 13.1. The molecule has 1 aromatic carbocycles. The summed E-state index contributed by atoms with van der Waals surface area (Å²) in [5.41, 5.74) is 1.44. The van der Waals surface area contributed by atoms with Gasteiger partial charge in [0.2, 0.25) is 0 Å². The van der Waals surface area contributed by atoms with Crippen molar-refractivity contribution in [2.75, 3.05) is 7.11 Å². The standard InChI is InChI=1S/C13H12BrNO2S/c1-8-15-12(7-18-8)13(16)6-9-5-10(17-2)3-4-11(9)14/h3-5,7H,6H2,1-2H3. The molecule has 1 heterocycles. The third-order valence-corrected chi connectivity index (χ3v) is 4.06. The summed E-state index contributed by atoms with van der Waals surface area (Å²) >= 11 is 4.93. The lowest BCUT2D eigenvalue weighted by Crippen LogP contribution is -2.05. The van der Waals surface area contributed by atoms with Gasteiger partial charge in [0.15, 0.2) is 5.78 Å². The maximum atomic E-state index is 12.1. The average Bonchev–Trinajstić information content (AvgIpc) is 2.79. The summed E-state index contributed by atoms with van der Waals surface area (Å²) in [5, 5.41) is 2.70. The van der Waals surface area contributed by atoms with Crippen molar-refractivity contribution in [1.29, 1.82) is 0 Å². The van der Waals surface area contributed by atoms with E-state index in [9.17, 15) is 4.79 Å². The van der Waals surface area contributed by atoms with Crippen LogP contribution in [0.25, 0.3) is 0 Å². The molecule has 2 rings (SSSR count). The maximum Gasteiger partial charge on any atom is 0.186 e. The lowest BCUT2D eigenvalue weighted by atomic mass is 10.1. The van der Waals surface area contributed by atoms with Gasteiger partial charge >= 0.3 is 0 Å². The van der Waals surface area contributed by atoms with Gasteiger partial charge in [0.25, 0.3) is 0 Å². The zero-order valence-electron chi connectivity index (χ0n) is 10.1. The average molecular weight is 326 g/mol. The molecule has 0 amide bonds. The highest BCUT2D eigenvalue weighted by Gasteiger charge is 2.13. The highest BCUT2D eigenvalue weighted by atomic mass is 79.9. The van der Waals surface area contributed by atoms with Gasteiger partial charge in [-0.3, -0.25) is 4.79 Å². The normalized spacial score (nSPS) is 10.4. The van der Waals surface area contributed by atoms with Crippen molar-refractivity contribution >= 4 is 33.0 Å². The van der Waals surface area contributed by atoms with Gasteiger partial charge in [-0.1, -0.05) is 15.9 Å². The van der Waals surface area contributed by atoms with E-state index >= 15 is 0 Å². The Morgan fingerprint density at radius 3 is 2.89 bits per heavy atom. The summed E-state index contributed by atoms with van der Waals surface area (Å²) in [6.07, 6.45) is 0.320. The zero-order valence-corrected chi connectivity index (χ0v) is 12.5. The van der Waals surface area contributed by atoms with Crippen molar-refractivity contribution in [3.05, 3.63) is 44.3 Å². The van der Waals surface area contributed by atoms with Crippen LogP contribution < -0.4 is 4.74 Å². The molecule has 0 bridgehead atoms. The predicted octanol–water partition coefficient (Wildman–Crippen LogP) is 3.65. The topological polar surface area (TPSA) is 39.2 Å². The van der Waals surface area contributed by atoms with Gasteiger partial charge in [0.05, 0.1) is 12.1 Å². The lowest BCUT2D eigenvalue weighted by Gasteiger charge is -2.06. The van der Waals surface area contributed by atoms with Gasteiger partial charge in [-0.15, -0.1) is 11.3 Å². The number of thiazole rings is 1. The molecule has 1 aromatic heterocycles. The fourth-order valence-electron chi connectivity index (χ4n) is 1.57. The van der Waals surface area contributed by atoms with Crippen LogP contribution in [0.4, 0.5) is 0 Å². The SMILES string of the molecule is COc1ccc(Br)c(CC(=O)c2csc(C)n2)c1. The Kier molecular flexibility index (Phi) is 4.14. The highest BCUT2D eigenvalue weighted by molar-refractivity contribution is 9.10. The summed E-state index contributed by atoms with van der Waals surface area (Å²) in [5.74, 6) is 0.767. The second kappa shape index (κ2) is 5.63. The predicted molar refractivity (Wildman–Crippen MR) is 75.6 cm³/mol. The Hall–Kier alpha value is -1.20. The number of nitrogens with zero attached hydrogens (tertiary/aromatic N) is 1. The van der Waals surface area contributed by atoms with Crippen molar-refractivity contribution in [3.63, 3.8) is 0 Å². The number of aryl methyl sites for hydroxylation is 1. The fraction of sp³-hybridized carbons (Fsp3) is 0.231.